The highest BCUT2D eigenvalue weighted by molar-refractivity contribution is 6.76. The number of unbranched alkanes of at least 4 members (excludes halogenated alkanes) is 1. The molecule has 0 bridgehead atoms. The Labute approximate surface area is 105 Å². The molecule has 1 amide bonds. The van der Waals surface area contributed by atoms with E-state index in [1.807, 2.05) is 0 Å². The molecule has 0 spiro atoms. The first kappa shape index (κ1) is 16.2. The van der Waals surface area contributed by atoms with Crippen molar-refractivity contribution in [1.29, 1.82) is 0 Å². The zero-order valence-corrected chi connectivity index (χ0v) is 12.5. The number of esters is 1. The number of carbonyl (C=O) groups is 2. The standard InChI is InChI=1S/C12H25NO3Si/c1-13-11(14)7-5-6-8-12(15)16-9-10-17(2,3)4/h5-10H2,1-4H3,(H,13,14). The third-order valence-electron chi connectivity index (χ3n) is 2.43. The second-order valence-corrected chi connectivity index (χ2v) is 11.0. The fourth-order valence-electron chi connectivity index (χ4n) is 1.22. The normalized spacial score (nSPS) is 11.1. The third kappa shape index (κ3) is 11.4. The monoisotopic (exact) mass is 259 g/mol. The molecule has 100 valence electrons. The van der Waals surface area contributed by atoms with Crippen molar-refractivity contribution < 1.29 is 14.3 Å². The van der Waals surface area contributed by atoms with Crippen LogP contribution in [0.1, 0.15) is 25.7 Å². The Bertz CT molecular complexity index is 249. The number of ether oxygens (including phenoxy) is 1. The van der Waals surface area contributed by atoms with Gasteiger partial charge in [0, 0.05) is 28.0 Å². The molecule has 17 heavy (non-hydrogen) atoms. The Morgan fingerprint density at radius 1 is 1.12 bits per heavy atom. The average molecular weight is 259 g/mol. The summed E-state index contributed by atoms with van der Waals surface area (Å²) in [6, 6.07) is 1.01. The summed E-state index contributed by atoms with van der Waals surface area (Å²) in [5.41, 5.74) is 0. The lowest BCUT2D eigenvalue weighted by Gasteiger charge is -2.15. The number of carbonyl (C=O) groups excluding carboxylic acids is 2. The molecule has 0 rings (SSSR count). The minimum absolute atomic E-state index is 0.0251. The smallest absolute Gasteiger partial charge is 0.305 e. The average Bonchev–Trinajstić information content (AvgIpc) is 2.22. The number of hydrogen-bond acceptors (Lipinski definition) is 3. The Hall–Kier alpha value is -0.843. The summed E-state index contributed by atoms with van der Waals surface area (Å²) in [6.45, 7) is 7.31. The quantitative estimate of drug-likeness (QED) is 0.413. The van der Waals surface area contributed by atoms with Gasteiger partial charge in [-0.05, 0) is 18.9 Å². The third-order valence-corrected chi connectivity index (χ3v) is 4.13. The van der Waals surface area contributed by atoms with Crippen molar-refractivity contribution in [2.24, 2.45) is 0 Å². The van der Waals surface area contributed by atoms with Crippen LogP contribution in [-0.4, -0.2) is 33.6 Å². The SMILES string of the molecule is CNC(=O)CCCCC(=O)OCC[Si](C)(C)C. The molecule has 0 radical (unpaired) electrons. The van der Waals surface area contributed by atoms with Crippen LogP contribution < -0.4 is 5.32 Å². The van der Waals surface area contributed by atoms with Crippen molar-refractivity contribution in [3.8, 4) is 0 Å². The van der Waals surface area contributed by atoms with Gasteiger partial charge < -0.3 is 10.1 Å². The van der Waals surface area contributed by atoms with Crippen LogP contribution >= 0.6 is 0 Å². The molecular weight excluding hydrogens is 234 g/mol. The second kappa shape index (κ2) is 8.28. The van der Waals surface area contributed by atoms with Crippen LogP contribution in [0, 0.1) is 0 Å². The fourth-order valence-corrected chi connectivity index (χ4v) is 1.94. The molecule has 0 aromatic carbocycles. The highest BCUT2D eigenvalue weighted by Crippen LogP contribution is 2.08. The van der Waals surface area contributed by atoms with Crippen LogP contribution in [0.25, 0.3) is 0 Å². The first-order valence-corrected chi connectivity index (χ1v) is 9.92. The van der Waals surface area contributed by atoms with Crippen molar-refractivity contribution in [2.75, 3.05) is 13.7 Å². The predicted molar refractivity (Wildman–Crippen MR) is 71.6 cm³/mol. The number of rotatable bonds is 8. The van der Waals surface area contributed by atoms with E-state index in [4.69, 9.17) is 4.74 Å². The van der Waals surface area contributed by atoms with Gasteiger partial charge in [-0.1, -0.05) is 19.6 Å². The van der Waals surface area contributed by atoms with Gasteiger partial charge in [0.2, 0.25) is 5.91 Å². The molecule has 0 heterocycles. The second-order valence-electron chi connectivity index (χ2n) is 5.41. The fraction of sp³-hybridized carbons (Fsp3) is 0.833. The van der Waals surface area contributed by atoms with Crippen molar-refractivity contribution in [3.63, 3.8) is 0 Å². The summed E-state index contributed by atoms with van der Waals surface area (Å²) in [5, 5.41) is 2.55. The van der Waals surface area contributed by atoms with Crippen LogP contribution in [-0.2, 0) is 14.3 Å². The molecule has 0 unspecified atom stereocenters. The van der Waals surface area contributed by atoms with Crippen LogP contribution in [0.3, 0.4) is 0 Å². The number of amides is 1. The first-order chi connectivity index (χ1) is 7.85. The van der Waals surface area contributed by atoms with Gasteiger partial charge in [-0.2, -0.15) is 0 Å². The Kier molecular flexibility index (Phi) is 7.87. The topological polar surface area (TPSA) is 55.4 Å². The van der Waals surface area contributed by atoms with E-state index in [9.17, 15) is 9.59 Å². The Morgan fingerprint density at radius 2 is 1.71 bits per heavy atom. The molecule has 0 fully saturated rings. The van der Waals surface area contributed by atoms with Gasteiger partial charge in [0.15, 0.2) is 0 Å². The van der Waals surface area contributed by atoms with Gasteiger partial charge >= 0.3 is 5.97 Å². The summed E-state index contributed by atoms with van der Waals surface area (Å²) >= 11 is 0. The van der Waals surface area contributed by atoms with E-state index < -0.39 is 8.07 Å². The highest BCUT2D eigenvalue weighted by Gasteiger charge is 2.13. The molecule has 0 aromatic heterocycles. The molecule has 5 heteroatoms. The van der Waals surface area contributed by atoms with Gasteiger partial charge in [-0.15, -0.1) is 0 Å². The largest absolute Gasteiger partial charge is 0.466 e. The van der Waals surface area contributed by atoms with Crippen molar-refractivity contribution >= 4 is 20.0 Å². The maximum Gasteiger partial charge on any atom is 0.305 e. The maximum absolute atomic E-state index is 11.3. The van der Waals surface area contributed by atoms with E-state index in [2.05, 4.69) is 25.0 Å². The van der Waals surface area contributed by atoms with E-state index >= 15 is 0 Å². The van der Waals surface area contributed by atoms with E-state index in [0.29, 0.717) is 19.4 Å². The molecule has 0 atom stereocenters. The van der Waals surface area contributed by atoms with Crippen LogP contribution in [0.5, 0.6) is 0 Å². The van der Waals surface area contributed by atoms with E-state index in [1.54, 1.807) is 7.05 Å². The predicted octanol–water partition coefficient (Wildman–Crippen LogP) is 2.17. The van der Waals surface area contributed by atoms with Crippen LogP contribution in [0.4, 0.5) is 0 Å². The molecule has 4 nitrogen and oxygen atoms in total. The maximum atomic E-state index is 11.3. The summed E-state index contributed by atoms with van der Waals surface area (Å²) in [4.78, 5) is 22.3. The van der Waals surface area contributed by atoms with E-state index in [-0.39, 0.29) is 11.9 Å². The molecule has 0 aliphatic carbocycles. The van der Waals surface area contributed by atoms with E-state index in [1.165, 1.54) is 0 Å². The zero-order chi connectivity index (χ0) is 13.3. The molecular formula is C12H25NO3Si. The first-order valence-electron chi connectivity index (χ1n) is 6.21. The molecule has 1 N–H and O–H groups in total. The Balaban J connectivity index is 3.44. The molecule has 0 aliphatic heterocycles. The summed E-state index contributed by atoms with van der Waals surface area (Å²) in [7, 11) is 0.506. The van der Waals surface area contributed by atoms with E-state index in [0.717, 1.165) is 18.9 Å². The van der Waals surface area contributed by atoms with Crippen LogP contribution in [0.15, 0.2) is 0 Å². The lowest BCUT2D eigenvalue weighted by atomic mass is 10.2. The summed E-state index contributed by atoms with van der Waals surface area (Å²) in [5.74, 6) is -0.114. The summed E-state index contributed by atoms with van der Waals surface area (Å²) < 4.78 is 5.15. The number of hydrogen-bond donors (Lipinski definition) is 1. The van der Waals surface area contributed by atoms with Crippen molar-refractivity contribution in [3.05, 3.63) is 0 Å². The minimum atomic E-state index is -1.11. The summed E-state index contributed by atoms with van der Waals surface area (Å²) in [6.07, 6.45) is 2.36. The Morgan fingerprint density at radius 3 is 2.24 bits per heavy atom. The molecule has 0 aromatic rings. The van der Waals surface area contributed by atoms with Crippen molar-refractivity contribution in [1.82, 2.24) is 5.32 Å². The van der Waals surface area contributed by atoms with Gasteiger partial charge in [0.05, 0.1) is 6.61 Å². The lowest BCUT2D eigenvalue weighted by Crippen LogP contribution is -2.22. The van der Waals surface area contributed by atoms with Gasteiger partial charge in [0.25, 0.3) is 0 Å². The van der Waals surface area contributed by atoms with Crippen molar-refractivity contribution in [2.45, 2.75) is 51.4 Å². The van der Waals surface area contributed by atoms with Gasteiger partial charge in [0.1, 0.15) is 0 Å². The molecule has 0 aliphatic rings. The van der Waals surface area contributed by atoms with Crippen LogP contribution in [0.2, 0.25) is 25.7 Å². The van der Waals surface area contributed by atoms with Gasteiger partial charge in [-0.25, -0.2) is 0 Å². The highest BCUT2D eigenvalue weighted by atomic mass is 28.3. The lowest BCUT2D eigenvalue weighted by molar-refractivity contribution is -0.143. The number of nitrogens with one attached hydrogen (secondary N) is 1. The zero-order valence-electron chi connectivity index (χ0n) is 11.5. The van der Waals surface area contributed by atoms with Gasteiger partial charge in [-0.3, -0.25) is 9.59 Å². The minimum Gasteiger partial charge on any atom is -0.466 e. The molecule has 0 saturated heterocycles. The molecule has 0 saturated carbocycles.